The van der Waals surface area contributed by atoms with Gasteiger partial charge in [-0.1, -0.05) is 30.3 Å². The Balaban J connectivity index is 1.84. The van der Waals surface area contributed by atoms with Gasteiger partial charge in [0.25, 0.3) is 0 Å². The van der Waals surface area contributed by atoms with Crippen LogP contribution in [0.15, 0.2) is 35.4 Å². The molecule has 0 atom stereocenters. The molecular formula is C14H21N3. The van der Waals surface area contributed by atoms with Crippen molar-refractivity contribution in [2.24, 2.45) is 5.10 Å². The molecule has 2 rings (SSSR count). The molecule has 1 aromatic rings. The number of rotatable bonds is 3. The van der Waals surface area contributed by atoms with Crippen LogP contribution in [-0.4, -0.2) is 42.8 Å². The summed E-state index contributed by atoms with van der Waals surface area (Å²) < 4.78 is 0. The average Bonchev–Trinajstić information content (AvgIpc) is 2.32. The number of hydrazone groups is 1. The molecule has 0 unspecified atom stereocenters. The minimum absolute atomic E-state index is 1.07. The lowest BCUT2D eigenvalue weighted by Gasteiger charge is -2.28. The van der Waals surface area contributed by atoms with Crippen molar-refractivity contribution in [1.82, 2.24) is 9.91 Å². The van der Waals surface area contributed by atoms with Crippen molar-refractivity contribution < 1.29 is 0 Å². The molecule has 92 valence electrons. The molecule has 3 heteroatoms. The summed E-state index contributed by atoms with van der Waals surface area (Å²) in [4.78, 5) is 2.50. The van der Waals surface area contributed by atoms with Gasteiger partial charge in [0.2, 0.25) is 0 Å². The SMILES string of the molecule is CN(C)N=C1CCN(Cc2ccccc2)CC1. The summed E-state index contributed by atoms with van der Waals surface area (Å²) in [7, 11) is 3.98. The monoisotopic (exact) mass is 231 g/mol. The van der Waals surface area contributed by atoms with Crippen LogP contribution in [0, 0.1) is 0 Å². The second-order valence-corrected chi connectivity index (χ2v) is 4.78. The largest absolute Gasteiger partial charge is 0.303 e. The lowest BCUT2D eigenvalue weighted by atomic mass is 10.1. The van der Waals surface area contributed by atoms with Gasteiger partial charge in [-0.25, -0.2) is 0 Å². The minimum Gasteiger partial charge on any atom is -0.303 e. The van der Waals surface area contributed by atoms with E-state index < -0.39 is 0 Å². The Bertz CT molecular complexity index is 360. The predicted molar refractivity (Wildman–Crippen MR) is 72.1 cm³/mol. The van der Waals surface area contributed by atoms with E-state index >= 15 is 0 Å². The molecule has 0 aromatic heterocycles. The van der Waals surface area contributed by atoms with Gasteiger partial charge >= 0.3 is 0 Å². The highest BCUT2D eigenvalue weighted by molar-refractivity contribution is 5.85. The Hall–Kier alpha value is -1.35. The zero-order valence-electron chi connectivity index (χ0n) is 10.8. The average molecular weight is 231 g/mol. The topological polar surface area (TPSA) is 18.8 Å². The lowest BCUT2D eigenvalue weighted by Crippen LogP contribution is -2.34. The van der Waals surface area contributed by atoms with Gasteiger partial charge in [0.15, 0.2) is 0 Å². The number of hydrogen-bond donors (Lipinski definition) is 0. The van der Waals surface area contributed by atoms with E-state index in [9.17, 15) is 0 Å². The molecule has 1 saturated heterocycles. The Morgan fingerprint density at radius 1 is 1.12 bits per heavy atom. The molecule has 0 aliphatic carbocycles. The summed E-state index contributed by atoms with van der Waals surface area (Å²) in [6, 6.07) is 10.7. The van der Waals surface area contributed by atoms with E-state index in [0.29, 0.717) is 0 Å². The fourth-order valence-corrected chi connectivity index (χ4v) is 2.19. The van der Waals surface area contributed by atoms with E-state index in [1.165, 1.54) is 11.3 Å². The van der Waals surface area contributed by atoms with Crippen LogP contribution in [0.2, 0.25) is 0 Å². The minimum atomic E-state index is 1.07. The third-order valence-corrected chi connectivity index (χ3v) is 3.02. The maximum atomic E-state index is 4.50. The van der Waals surface area contributed by atoms with Crippen molar-refractivity contribution in [3.8, 4) is 0 Å². The van der Waals surface area contributed by atoms with Crippen LogP contribution in [0.3, 0.4) is 0 Å². The van der Waals surface area contributed by atoms with Crippen molar-refractivity contribution in [3.63, 3.8) is 0 Å². The molecule has 0 radical (unpaired) electrons. The van der Waals surface area contributed by atoms with Gasteiger partial charge in [0.1, 0.15) is 0 Å². The molecular weight excluding hydrogens is 210 g/mol. The molecule has 0 saturated carbocycles. The van der Waals surface area contributed by atoms with Crippen LogP contribution in [-0.2, 0) is 6.54 Å². The zero-order valence-corrected chi connectivity index (χ0v) is 10.8. The number of hydrogen-bond acceptors (Lipinski definition) is 3. The van der Waals surface area contributed by atoms with Gasteiger partial charge in [-0.3, -0.25) is 4.90 Å². The first kappa shape index (κ1) is 12.1. The first-order valence-corrected chi connectivity index (χ1v) is 6.24. The quantitative estimate of drug-likeness (QED) is 0.743. The summed E-state index contributed by atoms with van der Waals surface area (Å²) in [6.45, 7) is 3.32. The van der Waals surface area contributed by atoms with E-state index in [1.54, 1.807) is 0 Å². The Labute approximate surface area is 104 Å². The van der Waals surface area contributed by atoms with Gasteiger partial charge in [-0.2, -0.15) is 5.10 Å². The summed E-state index contributed by atoms with van der Waals surface area (Å²) in [6.07, 6.45) is 2.20. The molecule has 0 spiro atoms. The fraction of sp³-hybridized carbons (Fsp3) is 0.500. The van der Waals surface area contributed by atoms with E-state index in [2.05, 4.69) is 40.3 Å². The van der Waals surface area contributed by atoms with Crippen LogP contribution in [0.1, 0.15) is 18.4 Å². The van der Waals surface area contributed by atoms with Gasteiger partial charge in [-0.15, -0.1) is 0 Å². The molecule has 1 fully saturated rings. The van der Waals surface area contributed by atoms with E-state index in [4.69, 9.17) is 0 Å². The maximum absolute atomic E-state index is 4.50. The highest BCUT2D eigenvalue weighted by atomic mass is 15.4. The van der Waals surface area contributed by atoms with Crippen LogP contribution >= 0.6 is 0 Å². The smallest absolute Gasteiger partial charge is 0.0406 e. The van der Waals surface area contributed by atoms with E-state index in [-0.39, 0.29) is 0 Å². The van der Waals surface area contributed by atoms with Gasteiger partial charge in [0, 0.05) is 52.3 Å². The van der Waals surface area contributed by atoms with Gasteiger partial charge < -0.3 is 5.01 Å². The highest BCUT2D eigenvalue weighted by Crippen LogP contribution is 2.12. The molecule has 1 aliphatic heterocycles. The molecule has 0 bridgehead atoms. The fourth-order valence-electron chi connectivity index (χ4n) is 2.19. The molecule has 1 aromatic carbocycles. The van der Waals surface area contributed by atoms with Crippen LogP contribution < -0.4 is 0 Å². The van der Waals surface area contributed by atoms with E-state index in [1.807, 2.05) is 19.1 Å². The predicted octanol–water partition coefficient (Wildman–Crippen LogP) is 2.20. The highest BCUT2D eigenvalue weighted by Gasteiger charge is 2.15. The maximum Gasteiger partial charge on any atom is 0.0406 e. The summed E-state index contributed by atoms with van der Waals surface area (Å²) in [5.41, 5.74) is 2.74. The summed E-state index contributed by atoms with van der Waals surface area (Å²) in [5, 5.41) is 6.41. The normalized spacial score (nSPS) is 16.9. The Morgan fingerprint density at radius 3 is 2.35 bits per heavy atom. The van der Waals surface area contributed by atoms with Crippen molar-refractivity contribution in [2.75, 3.05) is 27.2 Å². The molecule has 3 nitrogen and oxygen atoms in total. The van der Waals surface area contributed by atoms with Crippen LogP contribution in [0.25, 0.3) is 0 Å². The number of likely N-dealkylation sites (tertiary alicyclic amines) is 1. The zero-order chi connectivity index (χ0) is 12.1. The lowest BCUT2D eigenvalue weighted by molar-refractivity contribution is 0.264. The molecule has 0 amide bonds. The van der Waals surface area contributed by atoms with Crippen molar-refractivity contribution in [2.45, 2.75) is 19.4 Å². The molecule has 0 N–H and O–H groups in total. The first-order chi connectivity index (χ1) is 8.24. The number of benzene rings is 1. The van der Waals surface area contributed by atoms with Gasteiger partial charge in [-0.05, 0) is 5.56 Å². The molecule has 1 aliphatic rings. The Kier molecular flexibility index (Phi) is 4.15. The van der Waals surface area contributed by atoms with Crippen molar-refractivity contribution in [1.29, 1.82) is 0 Å². The third kappa shape index (κ3) is 3.86. The second kappa shape index (κ2) is 5.82. The second-order valence-electron chi connectivity index (χ2n) is 4.78. The van der Waals surface area contributed by atoms with Crippen LogP contribution in [0.5, 0.6) is 0 Å². The standard InChI is InChI=1S/C14H21N3/c1-16(2)15-14-8-10-17(11-9-14)12-13-6-4-3-5-7-13/h3-7H,8-12H2,1-2H3. The van der Waals surface area contributed by atoms with Crippen molar-refractivity contribution >= 4 is 5.71 Å². The van der Waals surface area contributed by atoms with Crippen LogP contribution in [0.4, 0.5) is 0 Å². The Morgan fingerprint density at radius 2 is 1.76 bits per heavy atom. The third-order valence-electron chi connectivity index (χ3n) is 3.02. The molecule has 1 heterocycles. The van der Waals surface area contributed by atoms with E-state index in [0.717, 1.165) is 32.5 Å². The number of nitrogens with zero attached hydrogens (tertiary/aromatic N) is 3. The summed E-state index contributed by atoms with van der Waals surface area (Å²) >= 11 is 0. The van der Waals surface area contributed by atoms with Gasteiger partial charge in [0.05, 0.1) is 0 Å². The van der Waals surface area contributed by atoms with Crippen molar-refractivity contribution in [3.05, 3.63) is 35.9 Å². The number of piperidine rings is 1. The molecule has 17 heavy (non-hydrogen) atoms. The first-order valence-electron chi connectivity index (χ1n) is 6.24. The summed E-state index contributed by atoms with van der Waals surface area (Å²) in [5.74, 6) is 0.